The lowest BCUT2D eigenvalue weighted by Crippen LogP contribution is -2.27. The topological polar surface area (TPSA) is 103 Å². The van der Waals surface area contributed by atoms with Gasteiger partial charge in [0.15, 0.2) is 5.96 Å². The Kier molecular flexibility index (Phi) is 6.05. The highest BCUT2D eigenvalue weighted by Gasteiger charge is 2.03. The average molecular weight is 206 g/mol. The van der Waals surface area contributed by atoms with Crippen LogP contribution in [-0.4, -0.2) is 23.8 Å². The first-order chi connectivity index (χ1) is 6.10. The van der Waals surface area contributed by atoms with Crippen LogP contribution in [0.1, 0.15) is 19.8 Å². The molecule has 0 heterocycles. The lowest BCUT2D eigenvalue weighted by atomic mass is 10.2. The molecule has 0 aromatic rings. The lowest BCUT2D eigenvalue weighted by molar-refractivity contribution is 0.633. The first-order valence-electron chi connectivity index (χ1n) is 4.09. The summed E-state index contributed by atoms with van der Waals surface area (Å²) in [6.07, 6.45) is 1.65. The van der Waals surface area contributed by atoms with Gasteiger partial charge in [-0.1, -0.05) is 6.92 Å². The highest BCUT2D eigenvalue weighted by Crippen LogP contribution is 2.04. The summed E-state index contributed by atoms with van der Waals surface area (Å²) in [6, 6.07) is 0.0978. The number of hydrogen-bond donors (Lipinski definition) is 3. The molecule has 0 saturated heterocycles. The molecule has 0 amide bonds. The third-order valence-electron chi connectivity index (χ3n) is 1.47. The number of guanidine groups is 2. The van der Waals surface area contributed by atoms with Gasteiger partial charge in [0.05, 0.1) is 6.04 Å². The van der Waals surface area contributed by atoms with Crippen molar-refractivity contribution in [3.05, 3.63) is 0 Å². The van der Waals surface area contributed by atoms with Crippen LogP contribution in [0.5, 0.6) is 0 Å². The molecular formula is C7H16ClN5. The Bertz CT molecular complexity index is 197. The molecule has 0 bridgehead atoms. The van der Waals surface area contributed by atoms with E-state index in [1.807, 2.05) is 6.92 Å². The molecule has 0 aliphatic rings. The summed E-state index contributed by atoms with van der Waals surface area (Å²) in [5.41, 5.74) is 15.7. The molecule has 1 unspecified atom stereocenters. The molecule has 1 atom stereocenters. The molecule has 0 saturated carbocycles. The summed E-state index contributed by atoms with van der Waals surface area (Å²) in [4.78, 5) is 7.69. The lowest BCUT2D eigenvalue weighted by Gasteiger charge is -2.06. The second-order valence-corrected chi connectivity index (χ2v) is 2.94. The first-order valence-corrected chi connectivity index (χ1v) is 4.62. The minimum Gasteiger partial charge on any atom is -0.370 e. The predicted octanol–water partition coefficient (Wildman–Crippen LogP) is -0.0180. The molecular weight excluding hydrogens is 190 g/mol. The van der Waals surface area contributed by atoms with Crippen molar-refractivity contribution in [2.24, 2.45) is 27.2 Å². The van der Waals surface area contributed by atoms with Gasteiger partial charge in [-0.25, -0.2) is 4.99 Å². The van der Waals surface area contributed by atoms with E-state index in [0.717, 1.165) is 12.8 Å². The Hall–Kier alpha value is -0.970. The van der Waals surface area contributed by atoms with Gasteiger partial charge >= 0.3 is 0 Å². The van der Waals surface area contributed by atoms with Crippen molar-refractivity contribution in [2.45, 2.75) is 25.8 Å². The largest absolute Gasteiger partial charge is 0.370 e. The standard InChI is InChI=1S/C7H16ClN5/c1-2-5(3-4-8)12-7(11)13-6(9)10/h5H,2-4H2,1H3,(H6,9,10,11,12,13). The Balaban J connectivity index is 4.24. The van der Waals surface area contributed by atoms with Crippen LogP contribution in [-0.2, 0) is 0 Å². The maximum atomic E-state index is 5.57. The van der Waals surface area contributed by atoms with Gasteiger partial charge in [-0.2, -0.15) is 4.99 Å². The zero-order chi connectivity index (χ0) is 10.3. The van der Waals surface area contributed by atoms with Crippen LogP contribution >= 0.6 is 11.6 Å². The monoisotopic (exact) mass is 205 g/mol. The quantitative estimate of drug-likeness (QED) is 0.342. The molecule has 0 spiro atoms. The molecule has 0 aliphatic carbocycles. The fourth-order valence-corrected chi connectivity index (χ4v) is 1.09. The number of halogens is 1. The molecule has 6 heteroatoms. The van der Waals surface area contributed by atoms with Gasteiger partial charge < -0.3 is 17.2 Å². The van der Waals surface area contributed by atoms with E-state index in [9.17, 15) is 0 Å². The zero-order valence-corrected chi connectivity index (χ0v) is 8.46. The molecule has 0 aromatic carbocycles. The predicted molar refractivity (Wildman–Crippen MR) is 56.8 cm³/mol. The first kappa shape index (κ1) is 12.0. The summed E-state index contributed by atoms with van der Waals surface area (Å²) >= 11 is 5.57. The van der Waals surface area contributed by atoms with Crippen LogP contribution in [0.4, 0.5) is 0 Å². The summed E-state index contributed by atoms with van der Waals surface area (Å²) in [5.74, 6) is 0.579. The SMILES string of the molecule is CCC(CCCl)N=C(N)N=C(N)N. The second-order valence-electron chi connectivity index (χ2n) is 2.56. The number of alkyl halides is 1. The van der Waals surface area contributed by atoms with E-state index in [2.05, 4.69) is 9.98 Å². The summed E-state index contributed by atoms with van der Waals surface area (Å²) < 4.78 is 0. The molecule has 6 N–H and O–H groups in total. The van der Waals surface area contributed by atoms with E-state index in [4.69, 9.17) is 28.8 Å². The van der Waals surface area contributed by atoms with E-state index < -0.39 is 0 Å². The van der Waals surface area contributed by atoms with E-state index in [0.29, 0.717) is 5.88 Å². The highest BCUT2D eigenvalue weighted by molar-refractivity contribution is 6.17. The number of nitrogens with two attached hydrogens (primary N) is 3. The van der Waals surface area contributed by atoms with Crippen LogP contribution in [0.3, 0.4) is 0 Å². The Morgan fingerprint density at radius 2 is 2.00 bits per heavy atom. The molecule has 0 aliphatic heterocycles. The van der Waals surface area contributed by atoms with E-state index in [-0.39, 0.29) is 18.0 Å². The normalized spacial score (nSPS) is 13.8. The smallest absolute Gasteiger partial charge is 0.218 e. The fourth-order valence-electron chi connectivity index (χ4n) is 0.834. The minimum absolute atomic E-state index is 0.0815. The number of rotatable bonds is 4. The van der Waals surface area contributed by atoms with Gasteiger partial charge in [-0.05, 0) is 12.8 Å². The number of nitrogens with zero attached hydrogens (tertiary/aromatic N) is 2. The maximum absolute atomic E-state index is 5.57. The average Bonchev–Trinajstić information content (AvgIpc) is 2.02. The number of hydrogen-bond acceptors (Lipinski definition) is 1. The van der Waals surface area contributed by atoms with Gasteiger partial charge in [0.25, 0.3) is 0 Å². The van der Waals surface area contributed by atoms with Crippen LogP contribution < -0.4 is 17.2 Å². The van der Waals surface area contributed by atoms with Gasteiger partial charge in [-0.15, -0.1) is 11.6 Å². The van der Waals surface area contributed by atoms with Crippen molar-refractivity contribution in [1.29, 1.82) is 0 Å². The highest BCUT2D eigenvalue weighted by atomic mass is 35.5. The minimum atomic E-state index is -0.0815. The zero-order valence-electron chi connectivity index (χ0n) is 7.70. The van der Waals surface area contributed by atoms with E-state index >= 15 is 0 Å². The number of aliphatic imine (C=N–C) groups is 2. The van der Waals surface area contributed by atoms with Crippen molar-refractivity contribution in [3.63, 3.8) is 0 Å². The van der Waals surface area contributed by atoms with Crippen molar-refractivity contribution in [1.82, 2.24) is 0 Å². The van der Waals surface area contributed by atoms with Crippen molar-refractivity contribution >= 4 is 23.5 Å². The summed E-state index contributed by atoms with van der Waals surface area (Å²) in [5, 5.41) is 0. The van der Waals surface area contributed by atoms with Crippen LogP contribution in [0.25, 0.3) is 0 Å². The van der Waals surface area contributed by atoms with Crippen molar-refractivity contribution < 1.29 is 0 Å². The fraction of sp³-hybridized carbons (Fsp3) is 0.714. The molecule has 76 valence electrons. The molecule has 13 heavy (non-hydrogen) atoms. The van der Waals surface area contributed by atoms with Crippen LogP contribution in [0.2, 0.25) is 0 Å². The van der Waals surface area contributed by atoms with E-state index in [1.165, 1.54) is 0 Å². The van der Waals surface area contributed by atoms with Crippen molar-refractivity contribution in [3.8, 4) is 0 Å². The Morgan fingerprint density at radius 1 is 1.38 bits per heavy atom. The van der Waals surface area contributed by atoms with Gasteiger partial charge in [-0.3, -0.25) is 0 Å². The third-order valence-corrected chi connectivity index (χ3v) is 1.69. The van der Waals surface area contributed by atoms with Gasteiger partial charge in [0, 0.05) is 5.88 Å². The van der Waals surface area contributed by atoms with Crippen LogP contribution in [0.15, 0.2) is 9.98 Å². The molecule has 0 radical (unpaired) electrons. The second kappa shape index (κ2) is 6.54. The maximum Gasteiger partial charge on any atom is 0.218 e. The molecule has 0 rings (SSSR count). The van der Waals surface area contributed by atoms with Gasteiger partial charge in [0.1, 0.15) is 0 Å². The molecule has 5 nitrogen and oxygen atoms in total. The Morgan fingerprint density at radius 3 is 2.38 bits per heavy atom. The molecule has 0 fully saturated rings. The van der Waals surface area contributed by atoms with Crippen LogP contribution in [0, 0.1) is 0 Å². The summed E-state index contributed by atoms with van der Waals surface area (Å²) in [7, 11) is 0. The van der Waals surface area contributed by atoms with Gasteiger partial charge in [0.2, 0.25) is 5.96 Å². The van der Waals surface area contributed by atoms with Crippen molar-refractivity contribution in [2.75, 3.05) is 5.88 Å². The molecule has 0 aromatic heterocycles. The third kappa shape index (κ3) is 6.21. The summed E-state index contributed by atoms with van der Waals surface area (Å²) in [6.45, 7) is 2.00. The Labute approximate surface area is 83.0 Å². The van der Waals surface area contributed by atoms with E-state index in [1.54, 1.807) is 0 Å².